The van der Waals surface area contributed by atoms with Gasteiger partial charge < -0.3 is 14.6 Å². The zero-order chi connectivity index (χ0) is 17.3. The summed E-state index contributed by atoms with van der Waals surface area (Å²) in [5.41, 5.74) is 0.547. The molecule has 1 aliphatic heterocycles. The molecule has 8 nitrogen and oxygen atoms in total. The van der Waals surface area contributed by atoms with Gasteiger partial charge in [-0.05, 0) is 25.1 Å². The van der Waals surface area contributed by atoms with E-state index in [4.69, 9.17) is 9.25 Å². The summed E-state index contributed by atoms with van der Waals surface area (Å²) in [5.74, 6) is -2.94. The molecule has 2 aromatic rings. The number of hydrogen-bond acceptors (Lipinski definition) is 6. The normalized spacial score (nSPS) is 14.3. The van der Waals surface area contributed by atoms with Crippen LogP contribution in [0.1, 0.15) is 38.0 Å². The largest absolute Gasteiger partial charge is 0.472 e. The van der Waals surface area contributed by atoms with E-state index in [0.717, 1.165) is 0 Å². The Bertz CT molecular complexity index is 792. The molecule has 0 spiro atoms. The van der Waals surface area contributed by atoms with Crippen molar-refractivity contribution in [2.75, 3.05) is 0 Å². The zero-order valence-electron chi connectivity index (χ0n) is 12.5. The van der Waals surface area contributed by atoms with Crippen LogP contribution in [0.3, 0.4) is 0 Å². The molecule has 122 valence electrons. The van der Waals surface area contributed by atoms with Gasteiger partial charge in [0.05, 0.1) is 23.0 Å². The predicted octanol–water partition coefficient (Wildman–Crippen LogP) is 1.15. The summed E-state index contributed by atoms with van der Waals surface area (Å²) in [7, 11) is 0. The average molecular weight is 328 g/mol. The summed E-state index contributed by atoms with van der Waals surface area (Å²) < 4.78 is 4.77. The lowest BCUT2D eigenvalue weighted by atomic mass is 10.1. The lowest BCUT2D eigenvalue weighted by Gasteiger charge is -2.16. The van der Waals surface area contributed by atoms with E-state index < -0.39 is 29.7 Å². The molecule has 3 amide bonds. The number of furan rings is 1. The Morgan fingerprint density at radius 1 is 1.12 bits per heavy atom. The third-order valence-electron chi connectivity index (χ3n) is 3.42. The van der Waals surface area contributed by atoms with Crippen LogP contribution in [-0.4, -0.2) is 34.8 Å². The maximum absolute atomic E-state index is 12.1. The number of hydroxylamine groups is 2. The van der Waals surface area contributed by atoms with Crippen LogP contribution in [0.25, 0.3) is 0 Å². The zero-order valence-corrected chi connectivity index (χ0v) is 12.5. The van der Waals surface area contributed by atoms with Crippen molar-refractivity contribution in [1.82, 2.24) is 10.4 Å². The van der Waals surface area contributed by atoms with E-state index in [2.05, 4.69) is 5.32 Å². The van der Waals surface area contributed by atoms with Crippen molar-refractivity contribution in [3.05, 3.63) is 59.5 Å². The minimum absolute atomic E-state index is 0.158. The van der Waals surface area contributed by atoms with Gasteiger partial charge >= 0.3 is 5.97 Å². The Labute approximate surface area is 135 Å². The Morgan fingerprint density at radius 3 is 2.29 bits per heavy atom. The fraction of sp³-hybridized carbons (Fsp3) is 0.125. The van der Waals surface area contributed by atoms with E-state index in [1.165, 1.54) is 37.6 Å². The van der Waals surface area contributed by atoms with Crippen LogP contribution in [0.2, 0.25) is 0 Å². The van der Waals surface area contributed by atoms with Gasteiger partial charge in [0.2, 0.25) is 0 Å². The van der Waals surface area contributed by atoms with Crippen LogP contribution in [0.5, 0.6) is 0 Å². The number of imide groups is 1. The Morgan fingerprint density at radius 2 is 1.75 bits per heavy atom. The minimum Gasteiger partial charge on any atom is -0.472 e. The van der Waals surface area contributed by atoms with E-state index in [1.807, 2.05) is 0 Å². The molecule has 0 radical (unpaired) electrons. The van der Waals surface area contributed by atoms with Crippen molar-refractivity contribution >= 4 is 23.7 Å². The molecule has 1 aliphatic rings. The van der Waals surface area contributed by atoms with Crippen LogP contribution >= 0.6 is 0 Å². The molecule has 3 rings (SSSR count). The fourth-order valence-corrected chi connectivity index (χ4v) is 2.15. The first-order valence-corrected chi connectivity index (χ1v) is 7.01. The number of hydrogen-bond donors (Lipinski definition) is 1. The molecule has 2 heterocycles. The van der Waals surface area contributed by atoms with Crippen LogP contribution < -0.4 is 5.32 Å². The van der Waals surface area contributed by atoms with Gasteiger partial charge in [-0.3, -0.25) is 14.4 Å². The lowest BCUT2D eigenvalue weighted by molar-refractivity contribution is -0.170. The van der Waals surface area contributed by atoms with E-state index in [-0.39, 0.29) is 16.7 Å². The Hall–Kier alpha value is -3.42. The van der Waals surface area contributed by atoms with Gasteiger partial charge in [-0.25, -0.2) is 4.79 Å². The first kappa shape index (κ1) is 15.5. The lowest BCUT2D eigenvalue weighted by Crippen LogP contribution is -2.43. The van der Waals surface area contributed by atoms with Gasteiger partial charge in [-0.1, -0.05) is 17.2 Å². The van der Waals surface area contributed by atoms with Crippen molar-refractivity contribution < 1.29 is 28.4 Å². The molecule has 0 aliphatic carbocycles. The second-order valence-corrected chi connectivity index (χ2v) is 5.07. The van der Waals surface area contributed by atoms with E-state index in [9.17, 15) is 19.2 Å². The first-order chi connectivity index (χ1) is 11.5. The predicted molar refractivity (Wildman–Crippen MR) is 78.7 cm³/mol. The van der Waals surface area contributed by atoms with Crippen molar-refractivity contribution in [3.63, 3.8) is 0 Å². The molecule has 0 fully saturated rings. The maximum Gasteiger partial charge on any atom is 0.354 e. The topological polar surface area (TPSA) is 106 Å². The number of rotatable bonds is 4. The van der Waals surface area contributed by atoms with Gasteiger partial charge in [0.1, 0.15) is 12.3 Å². The van der Waals surface area contributed by atoms with Gasteiger partial charge in [-0.2, -0.15) is 0 Å². The van der Waals surface area contributed by atoms with Gasteiger partial charge in [-0.15, -0.1) is 0 Å². The minimum atomic E-state index is -1.07. The molecule has 0 saturated heterocycles. The Kier molecular flexibility index (Phi) is 3.87. The monoisotopic (exact) mass is 328 g/mol. The molecule has 8 heteroatoms. The highest BCUT2D eigenvalue weighted by Gasteiger charge is 2.39. The molecule has 1 atom stereocenters. The molecular formula is C16H12N2O6. The third-order valence-corrected chi connectivity index (χ3v) is 3.42. The number of carbonyl (C=O) groups excluding carboxylic acids is 4. The smallest absolute Gasteiger partial charge is 0.354 e. The number of carbonyl (C=O) groups is 4. The number of amides is 3. The van der Waals surface area contributed by atoms with Gasteiger partial charge in [0, 0.05) is 0 Å². The highest BCUT2D eigenvalue weighted by Crippen LogP contribution is 2.22. The number of nitrogens with one attached hydrogen (secondary N) is 1. The van der Waals surface area contributed by atoms with Crippen LogP contribution in [0.15, 0.2) is 47.3 Å². The molecule has 24 heavy (non-hydrogen) atoms. The summed E-state index contributed by atoms with van der Waals surface area (Å²) in [6, 6.07) is 6.49. The highest BCUT2D eigenvalue weighted by molar-refractivity contribution is 6.20. The number of fused-ring (bicyclic) bond motifs is 1. The second-order valence-electron chi connectivity index (χ2n) is 5.07. The first-order valence-electron chi connectivity index (χ1n) is 7.01. The molecule has 1 aromatic carbocycles. The Balaban J connectivity index is 1.66. The van der Waals surface area contributed by atoms with E-state index in [0.29, 0.717) is 5.06 Å². The summed E-state index contributed by atoms with van der Waals surface area (Å²) in [6.07, 6.45) is 2.54. The molecular weight excluding hydrogens is 316 g/mol. The van der Waals surface area contributed by atoms with Crippen molar-refractivity contribution in [3.8, 4) is 0 Å². The quantitative estimate of drug-likeness (QED) is 0.844. The van der Waals surface area contributed by atoms with Crippen molar-refractivity contribution in [1.29, 1.82) is 0 Å². The second kappa shape index (κ2) is 5.99. The maximum atomic E-state index is 12.1. The molecule has 0 saturated carbocycles. The average Bonchev–Trinajstić information content (AvgIpc) is 3.19. The number of nitrogens with zero attached hydrogens (tertiary/aromatic N) is 1. The van der Waals surface area contributed by atoms with E-state index in [1.54, 1.807) is 12.1 Å². The molecule has 1 N–H and O–H groups in total. The number of benzene rings is 1. The summed E-state index contributed by atoms with van der Waals surface area (Å²) in [5, 5.41) is 2.78. The van der Waals surface area contributed by atoms with Crippen LogP contribution in [0, 0.1) is 0 Å². The molecule has 1 unspecified atom stereocenters. The summed E-state index contributed by atoms with van der Waals surface area (Å²) in [4.78, 5) is 52.9. The van der Waals surface area contributed by atoms with Gasteiger partial charge in [0.25, 0.3) is 17.7 Å². The molecule has 1 aromatic heterocycles. The standard InChI is InChI=1S/C16H12N2O6/c1-9(17-13(19)10-6-7-23-8-10)16(22)24-18-14(20)11-4-2-3-5-12(11)15(18)21/h2-9H,1H3,(H,17,19). The molecule has 0 bridgehead atoms. The van der Waals surface area contributed by atoms with Crippen LogP contribution in [-0.2, 0) is 9.63 Å². The van der Waals surface area contributed by atoms with Gasteiger partial charge in [0.15, 0.2) is 0 Å². The summed E-state index contributed by atoms with van der Waals surface area (Å²) in [6.45, 7) is 1.37. The summed E-state index contributed by atoms with van der Waals surface area (Å²) >= 11 is 0. The SMILES string of the molecule is CC(NC(=O)c1ccoc1)C(=O)ON1C(=O)c2ccccc2C1=O. The van der Waals surface area contributed by atoms with E-state index >= 15 is 0 Å². The van der Waals surface area contributed by atoms with Crippen molar-refractivity contribution in [2.24, 2.45) is 0 Å². The fourth-order valence-electron chi connectivity index (χ4n) is 2.15. The highest BCUT2D eigenvalue weighted by atomic mass is 16.7. The van der Waals surface area contributed by atoms with Crippen molar-refractivity contribution in [2.45, 2.75) is 13.0 Å². The third kappa shape index (κ3) is 2.65. The van der Waals surface area contributed by atoms with Crippen LogP contribution in [0.4, 0.5) is 0 Å².